The number of anilines is 2. The molecule has 0 radical (unpaired) electrons. The van der Waals surface area contributed by atoms with Gasteiger partial charge < -0.3 is 35.1 Å². The van der Waals surface area contributed by atoms with Crippen LogP contribution in [0.1, 0.15) is 0 Å². The average Bonchev–Trinajstić information content (AvgIpc) is 3.24. The second-order valence-corrected chi connectivity index (χ2v) is 10.2. The van der Waals surface area contributed by atoms with Gasteiger partial charge in [-0.1, -0.05) is 29.8 Å². The fourth-order valence-electron chi connectivity index (χ4n) is 4.66. The number of nitrogens with one attached hydrogen (secondary N) is 3. The van der Waals surface area contributed by atoms with Gasteiger partial charge in [0.25, 0.3) is 0 Å². The second kappa shape index (κ2) is 11.4. The number of benzene rings is 1. The Morgan fingerprint density at radius 3 is 2.41 bits per heavy atom. The molecule has 2 fully saturated rings. The van der Waals surface area contributed by atoms with Crippen molar-refractivity contribution in [3.05, 3.63) is 41.0 Å². The highest BCUT2D eigenvalue weighted by molar-refractivity contribution is 6.41. The van der Waals surface area contributed by atoms with Crippen LogP contribution in [0.3, 0.4) is 0 Å². The number of hydrogen-bond donors (Lipinski definition) is 3. The number of likely N-dealkylation sites (tertiary alicyclic amines) is 1. The molecule has 2 aliphatic heterocycles. The minimum Gasteiger partial charge on any atom is -0.495 e. The maximum atomic E-state index is 11.9. The predicted octanol–water partition coefficient (Wildman–Crippen LogP) is 3.22. The van der Waals surface area contributed by atoms with Crippen molar-refractivity contribution >= 4 is 51.8 Å². The van der Waals surface area contributed by atoms with E-state index < -0.39 is 0 Å². The summed E-state index contributed by atoms with van der Waals surface area (Å²) < 4.78 is 16.2. The molecule has 11 nitrogen and oxygen atoms in total. The standard InChI is InChI=1S/C26H29Cl2N7O4/c1-5-20(36)31-16-9-35(2)10-17(16)33-26-29-8-13-6-15(32-25(24(13)34-26)30-14-11-39-12-14)21-22(27)18(37-3)7-19(38-4)23(21)28/h5-8,14,16-17H,1,9-12H2,2-4H3,(H,30,32)(H,31,36)(H,29,33,34)/t16-,17+/m0/s1. The molecule has 1 aromatic carbocycles. The molecular formula is C26H29Cl2N7O4. The highest BCUT2D eigenvalue weighted by atomic mass is 35.5. The number of aromatic nitrogens is 3. The predicted molar refractivity (Wildman–Crippen MR) is 151 cm³/mol. The molecule has 5 rings (SSSR count). The molecule has 2 atom stereocenters. The van der Waals surface area contributed by atoms with Crippen LogP contribution in [0.25, 0.3) is 22.2 Å². The number of halogens is 2. The molecule has 0 spiro atoms. The Morgan fingerprint density at radius 1 is 1.10 bits per heavy atom. The lowest BCUT2D eigenvalue weighted by Crippen LogP contribution is -2.45. The van der Waals surface area contributed by atoms with Gasteiger partial charge in [-0.25, -0.2) is 15.0 Å². The van der Waals surface area contributed by atoms with Crippen molar-refractivity contribution in [3.8, 4) is 22.8 Å². The van der Waals surface area contributed by atoms with Crippen LogP contribution in [0, 0.1) is 0 Å². The van der Waals surface area contributed by atoms with Crippen LogP contribution in [0.5, 0.6) is 11.5 Å². The molecule has 206 valence electrons. The summed E-state index contributed by atoms with van der Waals surface area (Å²) >= 11 is 13.4. The lowest BCUT2D eigenvalue weighted by molar-refractivity contribution is -0.117. The zero-order valence-electron chi connectivity index (χ0n) is 21.8. The van der Waals surface area contributed by atoms with Crippen LogP contribution in [0.4, 0.5) is 11.8 Å². The molecule has 13 heteroatoms. The maximum Gasteiger partial charge on any atom is 0.243 e. The molecular weight excluding hydrogens is 545 g/mol. The van der Waals surface area contributed by atoms with Crippen LogP contribution in [0.15, 0.2) is 31.0 Å². The van der Waals surface area contributed by atoms with E-state index in [1.54, 1.807) is 12.3 Å². The van der Waals surface area contributed by atoms with Crippen LogP contribution in [-0.2, 0) is 9.53 Å². The fraction of sp³-hybridized carbons (Fsp3) is 0.385. The van der Waals surface area contributed by atoms with E-state index in [0.29, 0.717) is 76.4 Å². The highest BCUT2D eigenvalue weighted by Gasteiger charge is 2.32. The normalized spacial score (nSPS) is 19.4. The zero-order chi connectivity index (χ0) is 27.7. The van der Waals surface area contributed by atoms with E-state index in [1.807, 2.05) is 13.1 Å². The van der Waals surface area contributed by atoms with Gasteiger partial charge in [0.1, 0.15) is 17.0 Å². The number of carbonyl (C=O) groups excluding carboxylic acids is 1. The van der Waals surface area contributed by atoms with Crippen LogP contribution in [-0.4, -0.2) is 91.5 Å². The monoisotopic (exact) mass is 573 g/mol. The number of likely N-dealkylation sites (N-methyl/N-ethyl adjacent to an activating group) is 1. The van der Waals surface area contributed by atoms with Crippen LogP contribution >= 0.6 is 23.2 Å². The third kappa shape index (κ3) is 5.53. The number of ether oxygens (including phenoxy) is 3. The molecule has 0 aliphatic carbocycles. The highest BCUT2D eigenvalue weighted by Crippen LogP contribution is 2.46. The van der Waals surface area contributed by atoms with Crippen molar-refractivity contribution in [1.82, 2.24) is 25.2 Å². The topological polar surface area (TPSA) is 123 Å². The number of nitrogens with zero attached hydrogens (tertiary/aromatic N) is 4. The van der Waals surface area contributed by atoms with Gasteiger partial charge in [-0.3, -0.25) is 4.79 Å². The van der Waals surface area contributed by atoms with Gasteiger partial charge in [0, 0.05) is 36.3 Å². The summed E-state index contributed by atoms with van der Waals surface area (Å²) in [6.07, 6.45) is 2.98. The third-order valence-corrected chi connectivity index (χ3v) is 7.46. The van der Waals surface area contributed by atoms with Crippen molar-refractivity contribution in [2.24, 2.45) is 0 Å². The summed E-state index contributed by atoms with van der Waals surface area (Å²) in [5, 5.41) is 11.1. The fourth-order valence-corrected chi connectivity index (χ4v) is 5.36. The number of hydrogen-bond acceptors (Lipinski definition) is 10. The minimum absolute atomic E-state index is 0.0788. The first-order valence-electron chi connectivity index (χ1n) is 12.3. The Hall–Kier alpha value is -3.38. The first-order valence-corrected chi connectivity index (χ1v) is 13.1. The van der Waals surface area contributed by atoms with Crippen molar-refractivity contribution in [3.63, 3.8) is 0 Å². The molecule has 4 heterocycles. The van der Waals surface area contributed by atoms with Crippen molar-refractivity contribution in [1.29, 1.82) is 0 Å². The van der Waals surface area contributed by atoms with Gasteiger partial charge >= 0.3 is 0 Å². The summed E-state index contributed by atoms with van der Waals surface area (Å²) in [7, 11) is 5.04. The number of pyridine rings is 1. The lowest BCUT2D eigenvalue weighted by atomic mass is 10.1. The van der Waals surface area contributed by atoms with Crippen molar-refractivity contribution in [2.45, 2.75) is 18.1 Å². The average molecular weight is 574 g/mol. The molecule has 1 amide bonds. The third-order valence-electron chi connectivity index (χ3n) is 6.70. The number of amides is 1. The molecule has 39 heavy (non-hydrogen) atoms. The van der Waals surface area contributed by atoms with Gasteiger partial charge in [-0.15, -0.1) is 0 Å². The van der Waals surface area contributed by atoms with E-state index in [1.165, 1.54) is 20.3 Å². The molecule has 3 N–H and O–H groups in total. The lowest BCUT2D eigenvalue weighted by Gasteiger charge is -2.28. The number of carbonyl (C=O) groups is 1. The van der Waals surface area contributed by atoms with Crippen molar-refractivity contribution < 1.29 is 19.0 Å². The summed E-state index contributed by atoms with van der Waals surface area (Å²) in [5.41, 5.74) is 1.59. The van der Waals surface area contributed by atoms with E-state index in [4.69, 9.17) is 47.4 Å². The Labute approximate surface area is 235 Å². The molecule has 2 aromatic heterocycles. The first-order chi connectivity index (χ1) is 18.8. The molecule has 0 bridgehead atoms. The molecule has 0 unspecified atom stereocenters. The Bertz CT molecular complexity index is 1390. The molecule has 3 aromatic rings. The first kappa shape index (κ1) is 27.2. The van der Waals surface area contributed by atoms with E-state index >= 15 is 0 Å². The SMILES string of the molecule is C=CC(=O)N[C@H]1CN(C)C[C@H]1Nc1ncc2cc(-c3c(Cl)c(OC)cc(OC)c3Cl)nc(NC3COC3)c2n1. The summed E-state index contributed by atoms with van der Waals surface area (Å²) in [6, 6.07) is 3.31. The zero-order valence-corrected chi connectivity index (χ0v) is 23.3. The van der Waals surface area contributed by atoms with Gasteiger partial charge in [0.15, 0.2) is 5.82 Å². The number of rotatable bonds is 9. The molecule has 2 saturated heterocycles. The van der Waals surface area contributed by atoms with Crippen LogP contribution in [0.2, 0.25) is 10.0 Å². The van der Waals surface area contributed by atoms with E-state index in [0.717, 1.165) is 5.39 Å². The Balaban J connectivity index is 1.55. The number of fused-ring (bicyclic) bond motifs is 1. The van der Waals surface area contributed by atoms with E-state index in [9.17, 15) is 4.79 Å². The summed E-state index contributed by atoms with van der Waals surface area (Å²) in [4.78, 5) is 28.3. The molecule has 0 saturated carbocycles. The van der Waals surface area contributed by atoms with Gasteiger partial charge in [0.05, 0.1) is 61.3 Å². The summed E-state index contributed by atoms with van der Waals surface area (Å²) in [6.45, 7) is 6.05. The second-order valence-electron chi connectivity index (χ2n) is 9.44. The Morgan fingerprint density at radius 2 is 1.79 bits per heavy atom. The summed E-state index contributed by atoms with van der Waals surface area (Å²) in [5.74, 6) is 1.55. The largest absolute Gasteiger partial charge is 0.495 e. The Kier molecular flexibility index (Phi) is 7.94. The van der Waals surface area contributed by atoms with Gasteiger partial charge in [-0.05, 0) is 19.2 Å². The van der Waals surface area contributed by atoms with E-state index in [-0.39, 0.29) is 24.0 Å². The van der Waals surface area contributed by atoms with Crippen LogP contribution < -0.4 is 25.4 Å². The van der Waals surface area contributed by atoms with Gasteiger partial charge in [0.2, 0.25) is 11.9 Å². The minimum atomic E-state index is -0.223. The quantitative estimate of drug-likeness (QED) is 0.329. The van der Waals surface area contributed by atoms with Crippen molar-refractivity contribution in [2.75, 3.05) is 58.2 Å². The maximum absolute atomic E-state index is 11.9. The van der Waals surface area contributed by atoms with Gasteiger partial charge in [-0.2, -0.15) is 0 Å². The number of methoxy groups -OCH3 is 2. The van der Waals surface area contributed by atoms with E-state index in [2.05, 4.69) is 32.4 Å². The smallest absolute Gasteiger partial charge is 0.243 e. The molecule has 2 aliphatic rings.